The molecular formula is C11H11NO2. The lowest BCUT2D eigenvalue weighted by Gasteiger charge is -1.93. The summed E-state index contributed by atoms with van der Waals surface area (Å²) in [6.07, 6.45) is 0. The molecule has 0 saturated heterocycles. The number of benzene rings is 1. The van der Waals surface area contributed by atoms with Gasteiger partial charge in [0.1, 0.15) is 5.58 Å². The van der Waals surface area contributed by atoms with E-state index in [1.54, 1.807) is 6.07 Å². The van der Waals surface area contributed by atoms with Gasteiger partial charge in [-0.3, -0.25) is 4.79 Å². The quantitative estimate of drug-likeness (QED) is 0.736. The molecule has 0 atom stereocenters. The molecule has 1 heterocycles. The Kier molecular flexibility index (Phi) is 2.09. The molecule has 2 rings (SSSR count). The van der Waals surface area contributed by atoms with E-state index >= 15 is 0 Å². The summed E-state index contributed by atoms with van der Waals surface area (Å²) in [5, 5.41) is 0.929. The van der Waals surface area contributed by atoms with Gasteiger partial charge in [0.15, 0.2) is 11.5 Å². The first-order valence-corrected chi connectivity index (χ1v) is 4.44. The van der Waals surface area contributed by atoms with Gasteiger partial charge in [-0.15, -0.1) is 0 Å². The van der Waals surface area contributed by atoms with Gasteiger partial charge >= 0.3 is 0 Å². The average Bonchev–Trinajstić information content (AvgIpc) is 2.59. The Balaban J connectivity index is 2.60. The molecule has 0 saturated carbocycles. The summed E-state index contributed by atoms with van der Waals surface area (Å²) in [5.74, 6) is 0.338. The summed E-state index contributed by atoms with van der Waals surface area (Å²) in [5.41, 5.74) is 7.27. The second-order valence-electron chi connectivity index (χ2n) is 3.24. The highest BCUT2D eigenvalue weighted by Gasteiger charge is 2.07. The lowest BCUT2D eigenvalue weighted by Crippen LogP contribution is -1.94. The zero-order valence-corrected chi connectivity index (χ0v) is 7.91. The molecule has 2 aromatic rings. The van der Waals surface area contributed by atoms with Crippen LogP contribution in [-0.4, -0.2) is 5.78 Å². The molecule has 2 N–H and O–H groups in total. The lowest BCUT2D eigenvalue weighted by atomic mass is 10.1. The van der Waals surface area contributed by atoms with Crippen LogP contribution in [-0.2, 0) is 6.54 Å². The third kappa shape index (κ3) is 1.42. The fourth-order valence-electron chi connectivity index (χ4n) is 1.39. The number of hydrogen-bond donors (Lipinski definition) is 1. The minimum atomic E-state index is -0.0597. The largest absolute Gasteiger partial charge is 0.453 e. The third-order valence-electron chi connectivity index (χ3n) is 2.16. The summed E-state index contributed by atoms with van der Waals surface area (Å²) in [7, 11) is 0. The fourth-order valence-corrected chi connectivity index (χ4v) is 1.39. The predicted octanol–water partition coefficient (Wildman–Crippen LogP) is 2.09. The topological polar surface area (TPSA) is 56.2 Å². The second kappa shape index (κ2) is 3.27. The molecule has 0 aliphatic rings. The minimum Gasteiger partial charge on any atom is -0.453 e. The van der Waals surface area contributed by atoms with E-state index in [1.165, 1.54) is 6.92 Å². The van der Waals surface area contributed by atoms with Crippen LogP contribution >= 0.6 is 0 Å². The van der Waals surface area contributed by atoms with Gasteiger partial charge in [-0.05, 0) is 23.8 Å². The second-order valence-corrected chi connectivity index (χ2v) is 3.24. The summed E-state index contributed by atoms with van der Waals surface area (Å²) < 4.78 is 5.34. The zero-order chi connectivity index (χ0) is 10.1. The van der Waals surface area contributed by atoms with Crippen LogP contribution in [0, 0.1) is 0 Å². The van der Waals surface area contributed by atoms with Gasteiger partial charge in [0.25, 0.3) is 0 Å². The van der Waals surface area contributed by atoms with Crippen LogP contribution in [0.25, 0.3) is 11.0 Å². The number of rotatable bonds is 2. The van der Waals surface area contributed by atoms with Crippen molar-refractivity contribution in [2.75, 3.05) is 0 Å². The lowest BCUT2D eigenvalue weighted by molar-refractivity contribution is 0.0989. The first-order chi connectivity index (χ1) is 6.70. The van der Waals surface area contributed by atoms with Crippen molar-refractivity contribution in [3.05, 3.63) is 35.6 Å². The number of hydrogen-bond acceptors (Lipinski definition) is 3. The van der Waals surface area contributed by atoms with E-state index in [2.05, 4.69) is 0 Å². The van der Waals surface area contributed by atoms with Gasteiger partial charge < -0.3 is 10.2 Å². The Morgan fingerprint density at radius 2 is 2.21 bits per heavy atom. The van der Waals surface area contributed by atoms with E-state index in [1.807, 2.05) is 18.2 Å². The Labute approximate surface area is 81.5 Å². The molecule has 14 heavy (non-hydrogen) atoms. The van der Waals surface area contributed by atoms with Crippen molar-refractivity contribution in [1.29, 1.82) is 0 Å². The van der Waals surface area contributed by atoms with Crippen molar-refractivity contribution in [3.63, 3.8) is 0 Å². The van der Waals surface area contributed by atoms with Crippen molar-refractivity contribution >= 4 is 16.8 Å². The number of carbonyl (C=O) groups is 1. The van der Waals surface area contributed by atoms with Crippen LogP contribution in [0.5, 0.6) is 0 Å². The van der Waals surface area contributed by atoms with Crippen molar-refractivity contribution in [2.45, 2.75) is 13.5 Å². The maximum absolute atomic E-state index is 11.1. The van der Waals surface area contributed by atoms with Crippen LogP contribution in [0.3, 0.4) is 0 Å². The Morgan fingerprint density at radius 3 is 2.86 bits per heavy atom. The van der Waals surface area contributed by atoms with Crippen molar-refractivity contribution < 1.29 is 9.21 Å². The molecule has 0 spiro atoms. The molecule has 0 fully saturated rings. The molecule has 3 nitrogen and oxygen atoms in total. The molecule has 1 aromatic carbocycles. The molecule has 0 radical (unpaired) electrons. The van der Waals surface area contributed by atoms with Gasteiger partial charge in [-0.2, -0.15) is 0 Å². The highest BCUT2D eigenvalue weighted by Crippen LogP contribution is 2.20. The normalized spacial score (nSPS) is 10.7. The molecule has 0 bridgehead atoms. The van der Waals surface area contributed by atoms with Crippen molar-refractivity contribution in [2.24, 2.45) is 5.73 Å². The minimum absolute atomic E-state index is 0.0597. The Morgan fingerprint density at radius 1 is 1.43 bits per heavy atom. The number of fused-ring (bicyclic) bond motifs is 1. The molecule has 0 amide bonds. The van der Waals surface area contributed by atoms with E-state index in [0.29, 0.717) is 12.3 Å². The number of carbonyl (C=O) groups excluding carboxylic acids is 1. The molecule has 72 valence electrons. The van der Waals surface area contributed by atoms with Crippen LogP contribution in [0.2, 0.25) is 0 Å². The Bertz CT molecular complexity index is 485. The van der Waals surface area contributed by atoms with Crippen LogP contribution in [0.4, 0.5) is 0 Å². The summed E-state index contributed by atoms with van der Waals surface area (Å²) in [6.45, 7) is 1.98. The predicted molar refractivity (Wildman–Crippen MR) is 54.1 cm³/mol. The molecular weight excluding hydrogens is 178 g/mol. The highest BCUT2D eigenvalue weighted by atomic mass is 16.3. The van der Waals surface area contributed by atoms with Crippen molar-refractivity contribution in [1.82, 2.24) is 0 Å². The van der Waals surface area contributed by atoms with Gasteiger partial charge in [0.05, 0.1) is 0 Å². The number of Topliss-reactive ketones (excluding diaryl/α,β-unsaturated/α-hetero) is 1. The molecule has 3 heteroatoms. The number of furan rings is 1. The maximum Gasteiger partial charge on any atom is 0.194 e. The molecule has 0 aliphatic heterocycles. The highest BCUT2D eigenvalue weighted by molar-refractivity contribution is 5.96. The molecule has 0 unspecified atom stereocenters. The fraction of sp³-hybridized carbons (Fsp3) is 0.182. The summed E-state index contributed by atoms with van der Waals surface area (Å²) in [6, 6.07) is 7.42. The van der Waals surface area contributed by atoms with E-state index in [4.69, 9.17) is 10.2 Å². The number of nitrogens with two attached hydrogens (primary N) is 1. The summed E-state index contributed by atoms with van der Waals surface area (Å²) in [4.78, 5) is 11.1. The standard InChI is InChI=1S/C11H11NO2/c1-7(13)11-5-9-4-8(6-12)2-3-10(9)14-11/h2-5H,6,12H2,1H3. The number of ketones is 1. The van der Waals surface area contributed by atoms with Gasteiger partial charge in [-0.1, -0.05) is 6.07 Å². The van der Waals surface area contributed by atoms with Gasteiger partial charge in [0, 0.05) is 18.9 Å². The molecule has 1 aromatic heterocycles. The summed E-state index contributed by atoms with van der Waals surface area (Å²) >= 11 is 0. The van der Waals surface area contributed by atoms with Crippen LogP contribution in [0.15, 0.2) is 28.7 Å². The van der Waals surface area contributed by atoms with Gasteiger partial charge in [-0.25, -0.2) is 0 Å². The molecule has 0 aliphatic carbocycles. The van der Waals surface area contributed by atoms with Crippen molar-refractivity contribution in [3.8, 4) is 0 Å². The zero-order valence-electron chi connectivity index (χ0n) is 7.91. The smallest absolute Gasteiger partial charge is 0.194 e. The third-order valence-corrected chi connectivity index (χ3v) is 2.16. The van der Waals surface area contributed by atoms with E-state index in [9.17, 15) is 4.79 Å². The van der Waals surface area contributed by atoms with Crippen LogP contribution < -0.4 is 5.73 Å². The van der Waals surface area contributed by atoms with Crippen LogP contribution in [0.1, 0.15) is 23.0 Å². The Hall–Kier alpha value is -1.61. The van der Waals surface area contributed by atoms with Gasteiger partial charge in [0.2, 0.25) is 0 Å². The SMILES string of the molecule is CC(=O)c1cc2cc(CN)ccc2o1. The first kappa shape index (κ1) is 8.97. The van der Waals surface area contributed by atoms with E-state index in [0.717, 1.165) is 16.5 Å². The average molecular weight is 189 g/mol. The van der Waals surface area contributed by atoms with E-state index < -0.39 is 0 Å². The first-order valence-electron chi connectivity index (χ1n) is 4.44. The van der Waals surface area contributed by atoms with E-state index in [-0.39, 0.29) is 5.78 Å². The maximum atomic E-state index is 11.1. The monoisotopic (exact) mass is 189 g/mol.